The van der Waals surface area contributed by atoms with Gasteiger partial charge in [-0.3, -0.25) is 18.7 Å². The summed E-state index contributed by atoms with van der Waals surface area (Å²) in [5, 5.41) is 12.9. The minimum absolute atomic E-state index is 0.177. The summed E-state index contributed by atoms with van der Waals surface area (Å²) in [6.45, 7) is -0.939. The maximum absolute atomic E-state index is 12.8. The zero-order valence-electron chi connectivity index (χ0n) is 20.4. The third-order valence-corrected chi connectivity index (χ3v) is 10.6. The van der Waals surface area contributed by atoms with Gasteiger partial charge in [0.25, 0.3) is 19.3 Å². The van der Waals surface area contributed by atoms with Gasteiger partial charge in [-0.15, -0.1) is 0 Å². The lowest BCUT2D eigenvalue weighted by atomic mass is 10.1. The lowest BCUT2D eigenvalue weighted by molar-refractivity contribution is -0.221. The molecule has 1 aliphatic heterocycles. The monoisotopic (exact) mass is 661 g/mol. The second-order valence-electron chi connectivity index (χ2n) is 8.00. The summed E-state index contributed by atoms with van der Waals surface area (Å²) in [6.07, 6.45) is -0.719. The predicted octanol–water partition coefficient (Wildman–Crippen LogP) is 1.97. The zero-order chi connectivity index (χ0) is 29.7. The summed E-state index contributed by atoms with van der Waals surface area (Å²) in [5.74, 6) is 0.189. The van der Waals surface area contributed by atoms with Gasteiger partial charge in [-0.05, 0) is 24.0 Å². The van der Waals surface area contributed by atoms with Gasteiger partial charge in [0.15, 0.2) is 0 Å². The number of benzene rings is 1. The molecule has 0 bridgehead atoms. The Morgan fingerprint density at radius 3 is 2.55 bits per heavy atom. The first-order valence-electron chi connectivity index (χ1n) is 11.0. The molecule has 0 saturated carbocycles. The molecule has 16 nitrogen and oxygen atoms in total. The van der Waals surface area contributed by atoms with E-state index < -0.39 is 60.0 Å². The van der Waals surface area contributed by atoms with Crippen molar-refractivity contribution in [1.29, 1.82) is 0 Å². The van der Waals surface area contributed by atoms with E-state index in [9.17, 15) is 33.3 Å². The fraction of sp³-hybridized carbons (Fsp3) is 0.368. The third kappa shape index (κ3) is 9.89. The Hall–Kier alpha value is -1.33. The van der Waals surface area contributed by atoms with E-state index in [0.717, 1.165) is 16.2 Å². The first-order chi connectivity index (χ1) is 18.6. The molecular formula is C19H24N2O14P3S2-. The molecule has 3 rings (SSSR count). The van der Waals surface area contributed by atoms with Crippen LogP contribution >= 0.6 is 45.1 Å². The van der Waals surface area contributed by atoms with Crippen molar-refractivity contribution in [3.63, 3.8) is 0 Å². The normalized spacial score (nSPS) is 22.4. The van der Waals surface area contributed by atoms with Gasteiger partial charge in [0.05, 0.1) is 12.7 Å². The second-order valence-corrected chi connectivity index (χ2v) is 14.9. The summed E-state index contributed by atoms with van der Waals surface area (Å²) in [4.78, 5) is 63.5. The molecule has 1 saturated heterocycles. The minimum Gasteiger partial charge on any atom is -0.756 e. The van der Waals surface area contributed by atoms with Crippen molar-refractivity contribution in [1.82, 2.24) is 4.57 Å². The number of pyridine rings is 1. The number of hydrogen-bond acceptors (Lipinski definition) is 13. The van der Waals surface area contributed by atoms with Crippen molar-refractivity contribution in [3.8, 4) is 0 Å². The van der Waals surface area contributed by atoms with Gasteiger partial charge in [0.2, 0.25) is 0 Å². The molecule has 2 unspecified atom stereocenters. The number of anilines is 1. The Morgan fingerprint density at radius 1 is 1.20 bits per heavy atom. The summed E-state index contributed by atoms with van der Waals surface area (Å²) < 4.78 is 51.9. The summed E-state index contributed by atoms with van der Waals surface area (Å²) >= 11 is 0. The first kappa shape index (κ1) is 33.2. The predicted molar refractivity (Wildman–Crippen MR) is 142 cm³/mol. The number of aliphatic hydroxyl groups is 1. The van der Waals surface area contributed by atoms with Crippen LogP contribution in [0.15, 0.2) is 47.4 Å². The lowest BCUT2D eigenvalue weighted by Gasteiger charge is -2.26. The molecule has 1 aliphatic rings. The van der Waals surface area contributed by atoms with E-state index in [-0.39, 0.29) is 12.1 Å². The van der Waals surface area contributed by atoms with Gasteiger partial charge in [-0.2, -0.15) is 4.31 Å². The third-order valence-electron chi connectivity index (χ3n) is 5.12. The van der Waals surface area contributed by atoms with Crippen molar-refractivity contribution >= 4 is 56.7 Å². The minimum atomic E-state index is -5.77. The van der Waals surface area contributed by atoms with Crippen LogP contribution in [0.25, 0.3) is 0 Å². The quantitative estimate of drug-likeness (QED) is 0.152. The number of hydrogen-bond donors (Lipinski definition) is 5. The molecule has 2 aromatic rings. The van der Waals surface area contributed by atoms with E-state index in [4.69, 9.17) is 19.4 Å². The highest BCUT2D eigenvalue weighted by Gasteiger charge is 2.39. The number of nitrogens with one attached hydrogen (secondary N) is 1. The summed E-state index contributed by atoms with van der Waals surface area (Å²) in [5.41, 5.74) is 0.853. The van der Waals surface area contributed by atoms with Gasteiger partial charge >= 0.3 is 15.6 Å². The molecular weight excluding hydrogens is 637 g/mol. The molecule has 222 valence electrons. The van der Waals surface area contributed by atoms with Gasteiger partial charge in [-0.25, -0.2) is 13.4 Å². The number of phosphoric ester groups is 1. The van der Waals surface area contributed by atoms with Crippen molar-refractivity contribution in [2.75, 3.05) is 18.2 Å². The average Bonchev–Trinajstić information content (AvgIpc) is 3.19. The molecule has 40 heavy (non-hydrogen) atoms. The Labute approximate surface area is 234 Å². The molecule has 5 atom stereocenters. The Balaban J connectivity index is 1.62. The number of aliphatic hydroxyl groups excluding tert-OH is 1. The molecule has 1 aromatic carbocycles. The van der Waals surface area contributed by atoms with Crippen LogP contribution in [-0.4, -0.2) is 55.3 Å². The van der Waals surface area contributed by atoms with Crippen LogP contribution in [0, 0.1) is 0 Å². The van der Waals surface area contributed by atoms with Crippen LogP contribution in [0.1, 0.15) is 28.6 Å². The van der Waals surface area contributed by atoms with Crippen molar-refractivity contribution in [2.24, 2.45) is 0 Å². The van der Waals surface area contributed by atoms with Gasteiger partial charge in [-0.1, -0.05) is 39.8 Å². The van der Waals surface area contributed by atoms with Crippen LogP contribution in [0.2, 0.25) is 0 Å². The number of ether oxygens (including phenoxy) is 1. The second kappa shape index (κ2) is 13.8. The number of nitrogens with zero attached hydrogens (tertiary/aromatic N) is 1. The largest absolute Gasteiger partial charge is 0.756 e. The van der Waals surface area contributed by atoms with E-state index in [0.29, 0.717) is 11.3 Å². The topological polar surface area (TPSA) is 243 Å². The summed E-state index contributed by atoms with van der Waals surface area (Å²) in [7, 11) is -13.9. The molecule has 1 amide bonds. The number of carbonyl (C=O) groups excluding carboxylic acids is 1. The Kier molecular flexibility index (Phi) is 11.4. The maximum atomic E-state index is 12.8. The molecule has 1 aromatic heterocycles. The van der Waals surface area contributed by atoms with Crippen molar-refractivity contribution in [3.05, 3.63) is 64.1 Å². The molecule has 21 heteroatoms. The van der Waals surface area contributed by atoms with E-state index in [1.165, 1.54) is 12.3 Å². The van der Waals surface area contributed by atoms with Crippen LogP contribution in [0.5, 0.6) is 0 Å². The van der Waals surface area contributed by atoms with E-state index in [2.05, 4.69) is 18.5 Å². The standard InChI is InChI=1S/C19H25N2O14P3S2/c1-39-40-11-12-4-2-3-5-14(12)19(24)20-13-6-7-21(17(23)8-13)18-9-15(22)16(33-18)10-32-37(28,29)35-38(30,31)34-36(25,26)27/h2-8,15-16,18,22H,9-11H2,1H3,(H,20,24)(H,28,29)(H,30,31)(H2,25,26,27)/p-1/t15-,16-,18-/m1/s1. The molecule has 0 aliphatic carbocycles. The van der Waals surface area contributed by atoms with E-state index in [1.54, 1.807) is 33.7 Å². The van der Waals surface area contributed by atoms with Crippen LogP contribution in [-0.2, 0) is 37.3 Å². The number of aromatic nitrogens is 1. The van der Waals surface area contributed by atoms with E-state index >= 15 is 0 Å². The van der Waals surface area contributed by atoms with Gasteiger partial charge in [0, 0.05) is 35.7 Å². The molecule has 0 radical (unpaired) electrons. The number of carbonyl (C=O) groups is 1. The molecule has 1 fully saturated rings. The van der Waals surface area contributed by atoms with Gasteiger partial charge in [0.1, 0.15) is 12.3 Å². The van der Waals surface area contributed by atoms with E-state index in [1.807, 2.05) is 18.4 Å². The lowest BCUT2D eigenvalue weighted by Crippen LogP contribution is -2.28. The van der Waals surface area contributed by atoms with Crippen LogP contribution in [0.4, 0.5) is 5.69 Å². The fourth-order valence-electron chi connectivity index (χ4n) is 3.49. The molecule has 5 N–H and O–H groups in total. The number of phosphoric acid groups is 3. The van der Waals surface area contributed by atoms with Crippen LogP contribution in [0.3, 0.4) is 0 Å². The summed E-state index contributed by atoms with van der Waals surface area (Å²) in [6, 6.07) is 9.60. The average molecular weight is 661 g/mol. The Morgan fingerprint density at radius 2 is 1.90 bits per heavy atom. The highest BCUT2D eigenvalue weighted by Crippen LogP contribution is 2.65. The number of rotatable bonds is 13. The smallest absolute Gasteiger partial charge is 0.487 e. The fourth-order valence-corrected chi connectivity index (χ4v) is 7.72. The highest BCUT2D eigenvalue weighted by molar-refractivity contribution is 8.76. The maximum Gasteiger partial charge on any atom is 0.487 e. The van der Waals surface area contributed by atoms with Crippen molar-refractivity contribution < 1.29 is 61.1 Å². The van der Waals surface area contributed by atoms with Crippen LogP contribution < -0.4 is 15.8 Å². The SMILES string of the molecule is CSSCc1ccccc1C(=O)Nc1ccn([C@H]2C[C@@H](O)[C@@H](COP(=O)([O-])OP(=O)(O)OP(=O)(O)O)O2)c(=O)c1. The van der Waals surface area contributed by atoms with Gasteiger partial charge < -0.3 is 39.3 Å². The molecule has 0 spiro atoms. The van der Waals surface area contributed by atoms with Crippen molar-refractivity contribution in [2.45, 2.75) is 30.6 Å². The molecule has 2 heterocycles. The Bertz CT molecular complexity index is 1420. The first-order valence-corrected chi connectivity index (χ1v) is 18.2. The number of amides is 1. The zero-order valence-corrected chi connectivity index (χ0v) is 24.7. The highest BCUT2D eigenvalue weighted by atomic mass is 33.1.